The number of amides is 1. The zero-order chi connectivity index (χ0) is 18.1. The van der Waals surface area contributed by atoms with Gasteiger partial charge in [0.2, 0.25) is 0 Å². The van der Waals surface area contributed by atoms with Crippen molar-refractivity contribution < 1.29 is 32.6 Å². The minimum absolute atomic E-state index is 0.0360. The van der Waals surface area contributed by atoms with E-state index in [9.17, 15) is 18.4 Å². The van der Waals surface area contributed by atoms with Crippen LogP contribution in [0.1, 0.15) is 30.6 Å². The number of hydrogen-bond donors (Lipinski definition) is 1. The van der Waals surface area contributed by atoms with E-state index in [-0.39, 0.29) is 17.1 Å². The van der Waals surface area contributed by atoms with Gasteiger partial charge in [0, 0.05) is 6.54 Å². The maximum absolute atomic E-state index is 12.2. The summed E-state index contributed by atoms with van der Waals surface area (Å²) in [5.41, 5.74) is 0.0587. The van der Waals surface area contributed by atoms with Crippen LogP contribution in [0.5, 0.6) is 11.5 Å². The van der Waals surface area contributed by atoms with Crippen LogP contribution in [-0.4, -0.2) is 38.7 Å². The Morgan fingerprint density at radius 3 is 2.50 bits per heavy atom. The van der Waals surface area contributed by atoms with Gasteiger partial charge in [0.05, 0.1) is 12.7 Å². The zero-order valence-electron chi connectivity index (χ0n) is 13.8. The van der Waals surface area contributed by atoms with E-state index < -0.39 is 25.1 Å². The zero-order valence-corrected chi connectivity index (χ0v) is 13.8. The maximum atomic E-state index is 12.2. The Kier molecular flexibility index (Phi) is 7.94. The number of benzene rings is 1. The van der Waals surface area contributed by atoms with Crippen LogP contribution >= 0.6 is 0 Å². The number of hydrogen-bond acceptors (Lipinski definition) is 5. The summed E-state index contributed by atoms with van der Waals surface area (Å²) in [5.74, 6) is -0.958. The molecule has 0 saturated carbocycles. The smallest absolute Gasteiger partial charge is 0.387 e. The lowest BCUT2D eigenvalue weighted by molar-refractivity contribution is -0.124. The van der Waals surface area contributed by atoms with E-state index in [0.717, 1.165) is 6.42 Å². The van der Waals surface area contributed by atoms with Gasteiger partial charge >= 0.3 is 12.6 Å². The van der Waals surface area contributed by atoms with Gasteiger partial charge in [0.1, 0.15) is 0 Å². The largest absolute Gasteiger partial charge is 0.493 e. The van der Waals surface area contributed by atoms with Crippen LogP contribution in [0.3, 0.4) is 0 Å². The highest BCUT2D eigenvalue weighted by Gasteiger charge is 2.16. The average Bonchev–Trinajstić information content (AvgIpc) is 2.52. The summed E-state index contributed by atoms with van der Waals surface area (Å²) in [6.07, 6.45) is 0.822. The van der Waals surface area contributed by atoms with Crippen molar-refractivity contribution in [2.45, 2.75) is 26.9 Å². The lowest BCUT2D eigenvalue weighted by Crippen LogP contribution is -2.30. The molecule has 24 heavy (non-hydrogen) atoms. The molecule has 1 aromatic rings. The molecule has 134 valence electrons. The number of methoxy groups -OCH3 is 1. The predicted octanol–water partition coefficient (Wildman–Crippen LogP) is 2.62. The number of halogens is 2. The molecule has 0 saturated heterocycles. The van der Waals surface area contributed by atoms with Crippen molar-refractivity contribution >= 4 is 11.9 Å². The first-order chi connectivity index (χ1) is 11.3. The molecule has 0 atom stereocenters. The Morgan fingerprint density at radius 1 is 1.21 bits per heavy atom. The highest BCUT2D eigenvalue weighted by Crippen LogP contribution is 2.29. The molecule has 1 aromatic carbocycles. The molecule has 0 aliphatic heterocycles. The molecule has 0 unspecified atom stereocenters. The van der Waals surface area contributed by atoms with Crippen LogP contribution in [0.25, 0.3) is 0 Å². The minimum atomic E-state index is -3.01. The number of rotatable bonds is 9. The third-order valence-electron chi connectivity index (χ3n) is 2.99. The molecule has 1 N–H and O–H groups in total. The molecule has 0 aliphatic carbocycles. The topological polar surface area (TPSA) is 73.9 Å². The molecule has 1 rings (SSSR count). The van der Waals surface area contributed by atoms with E-state index in [4.69, 9.17) is 9.47 Å². The Bertz CT molecular complexity index is 563. The van der Waals surface area contributed by atoms with Gasteiger partial charge in [-0.05, 0) is 30.5 Å². The SMILES string of the molecule is COc1cc(C(=O)OCC(=O)NCCC(C)C)ccc1OC(F)F. The summed E-state index contributed by atoms with van der Waals surface area (Å²) in [6, 6.07) is 3.63. The molecule has 0 bridgehead atoms. The van der Waals surface area contributed by atoms with E-state index >= 15 is 0 Å². The molecule has 6 nitrogen and oxygen atoms in total. The molecule has 1 amide bonds. The fraction of sp³-hybridized carbons (Fsp3) is 0.500. The minimum Gasteiger partial charge on any atom is -0.493 e. The Labute approximate surface area is 139 Å². The van der Waals surface area contributed by atoms with Gasteiger partial charge in [0.15, 0.2) is 18.1 Å². The molecule has 0 spiro atoms. The van der Waals surface area contributed by atoms with Crippen molar-refractivity contribution in [2.75, 3.05) is 20.3 Å². The van der Waals surface area contributed by atoms with Gasteiger partial charge in [-0.2, -0.15) is 8.78 Å². The van der Waals surface area contributed by atoms with Gasteiger partial charge in [-0.25, -0.2) is 4.79 Å². The summed E-state index contributed by atoms with van der Waals surface area (Å²) < 4.78 is 38.5. The predicted molar refractivity (Wildman–Crippen MR) is 82.4 cm³/mol. The normalized spacial score (nSPS) is 10.6. The van der Waals surface area contributed by atoms with E-state index in [1.807, 2.05) is 13.8 Å². The van der Waals surface area contributed by atoms with Crippen LogP contribution < -0.4 is 14.8 Å². The quantitative estimate of drug-likeness (QED) is 0.697. The van der Waals surface area contributed by atoms with E-state index in [2.05, 4.69) is 10.1 Å². The second-order valence-corrected chi connectivity index (χ2v) is 5.35. The second-order valence-electron chi connectivity index (χ2n) is 5.35. The van der Waals surface area contributed by atoms with Crippen molar-refractivity contribution in [1.82, 2.24) is 5.32 Å². The summed E-state index contributed by atoms with van der Waals surface area (Å²) in [4.78, 5) is 23.4. The number of alkyl halides is 2. The van der Waals surface area contributed by atoms with Gasteiger partial charge in [0.25, 0.3) is 5.91 Å². The first-order valence-corrected chi connectivity index (χ1v) is 7.40. The van der Waals surface area contributed by atoms with Crippen LogP contribution in [0.15, 0.2) is 18.2 Å². The number of esters is 1. The second kappa shape index (κ2) is 9.69. The standard InChI is InChI=1S/C16H21F2NO5/c1-10(2)6-7-19-14(20)9-23-15(21)11-4-5-12(24-16(17)18)13(8-11)22-3/h4-5,8,10,16H,6-7,9H2,1-3H3,(H,19,20). The molecular weight excluding hydrogens is 324 g/mol. The third-order valence-corrected chi connectivity index (χ3v) is 2.99. The van der Waals surface area contributed by atoms with Crippen molar-refractivity contribution in [3.8, 4) is 11.5 Å². The monoisotopic (exact) mass is 345 g/mol. The van der Waals surface area contributed by atoms with Crippen LogP contribution in [-0.2, 0) is 9.53 Å². The molecule has 0 aliphatic rings. The van der Waals surface area contributed by atoms with E-state index in [0.29, 0.717) is 12.5 Å². The van der Waals surface area contributed by atoms with Gasteiger partial charge in [-0.3, -0.25) is 4.79 Å². The fourth-order valence-electron chi connectivity index (χ4n) is 1.75. The Morgan fingerprint density at radius 2 is 1.92 bits per heavy atom. The van der Waals surface area contributed by atoms with E-state index in [1.54, 1.807) is 0 Å². The van der Waals surface area contributed by atoms with Crippen molar-refractivity contribution in [2.24, 2.45) is 5.92 Å². The van der Waals surface area contributed by atoms with E-state index in [1.165, 1.54) is 25.3 Å². The molecule has 0 heterocycles. The van der Waals surface area contributed by atoms with Gasteiger partial charge in [-0.15, -0.1) is 0 Å². The molecule has 0 fully saturated rings. The number of nitrogens with one attached hydrogen (secondary N) is 1. The van der Waals surface area contributed by atoms with Gasteiger partial charge < -0.3 is 19.5 Å². The first kappa shape index (κ1) is 19.7. The maximum Gasteiger partial charge on any atom is 0.387 e. The van der Waals surface area contributed by atoms with Crippen LogP contribution in [0.4, 0.5) is 8.78 Å². The lowest BCUT2D eigenvalue weighted by atomic mass is 10.1. The van der Waals surface area contributed by atoms with Crippen LogP contribution in [0, 0.1) is 5.92 Å². The van der Waals surface area contributed by atoms with Gasteiger partial charge in [-0.1, -0.05) is 13.8 Å². The van der Waals surface area contributed by atoms with Crippen molar-refractivity contribution in [3.05, 3.63) is 23.8 Å². The summed E-state index contributed by atoms with van der Waals surface area (Å²) in [6.45, 7) is 1.13. The highest BCUT2D eigenvalue weighted by atomic mass is 19.3. The number of ether oxygens (including phenoxy) is 3. The third kappa shape index (κ3) is 6.80. The molecule has 0 radical (unpaired) electrons. The highest BCUT2D eigenvalue weighted by molar-refractivity contribution is 5.92. The van der Waals surface area contributed by atoms with Crippen LogP contribution in [0.2, 0.25) is 0 Å². The molecule has 0 aromatic heterocycles. The summed E-state index contributed by atoms with van der Waals surface area (Å²) >= 11 is 0. The lowest BCUT2D eigenvalue weighted by Gasteiger charge is -2.11. The van der Waals surface area contributed by atoms with Crippen molar-refractivity contribution in [1.29, 1.82) is 0 Å². The number of carbonyl (C=O) groups is 2. The Balaban J connectivity index is 2.57. The Hall–Kier alpha value is -2.38. The molecule has 8 heteroatoms. The molecular formula is C16H21F2NO5. The number of carbonyl (C=O) groups excluding carboxylic acids is 2. The fourth-order valence-corrected chi connectivity index (χ4v) is 1.75. The summed E-state index contributed by atoms with van der Waals surface area (Å²) in [5, 5.41) is 2.63. The summed E-state index contributed by atoms with van der Waals surface area (Å²) in [7, 11) is 1.25. The van der Waals surface area contributed by atoms with Crippen molar-refractivity contribution in [3.63, 3.8) is 0 Å². The average molecular weight is 345 g/mol. The first-order valence-electron chi connectivity index (χ1n) is 7.40.